The van der Waals surface area contributed by atoms with E-state index >= 15 is 0 Å². The van der Waals surface area contributed by atoms with Crippen molar-refractivity contribution in [2.24, 2.45) is 0 Å². The summed E-state index contributed by atoms with van der Waals surface area (Å²) in [7, 11) is 1.83. The zero-order chi connectivity index (χ0) is 11.3. The summed E-state index contributed by atoms with van der Waals surface area (Å²) in [5.41, 5.74) is 1.13. The first kappa shape index (κ1) is 11.5. The van der Waals surface area contributed by atoms with Crippen LogP contribution in [0.4, 0.5) is 0 Å². The predicted octanol–water partition coefficient (Wildman–Crippen LogP) is 0.650. The van der Waals surface area contributed by atoms with Gasteiger partial charge in [-0.3, -0.25) is 4.79 Å². The first-order chi connectivity index (χ1) is 7.16. The third-order valence-corrected chi connectivity index (χ3v) is 2.21. The van der Waals surface area contributed by atoms with Gasteiger partial charge in [-0.25, -0.2) is 0 Å². The first-order valence-corrected chi connectivity index (χ1v) is 4.88. The van der Waals surface area contributed by atoms with Gasteiger partial charge in [-0.2, -0.15) is 0 Å². The molecule has 0 aromatic heterocycles. The van der Waals surface area contributed by atoms with Crippen molar-refractivity contribution in [3.63, 3.8) is 0 Å². The minimum absolute atomic E-state index is 0.149. The molecule has 0 aliphatic carbocycles. The van der Waals surface area contributed by atoms with Gasteiger partial charge < -0.3 is 15.7 Å². The topological polar surface area (TPSA) is 61.4 Å². The van der Waals surface area contributed by atoms with E-state index in [9.17, 15) is 9.90 Å². The molecule has 0 saturated carbocycles. The summed E-state index contributed by atoms with van der Waals surface area (Å²) >= 11 is 0. The van der Waals surface area contributed by atoms with Gasteiger partial charge in [0.1, 0.15) is 5.75 Å². The lowest BCUT2D eigenvalue weighted by atomic mass is 10.1. The van der Waals surface area contributed by atoms with Crippen LogP contribution in [0.2, 0.25) is 0 Å². The molecule has 15 heavy (non-hydrogen) atoms. The van der Waals surface area contributed by atoms with Crippen LogP contribution in [0.5, 0.6) is 5.75 Å². The van der Waals surface area contributed by atoms with Gasteiger partial charge in [-0.15, -0.1) is 0 Å². The second kappa shape index (κ2) is 5.36. The zero-order valence-corrected chi connectivity index (χ0v) is 9.00. The van der Waals surface area contributed by atoms with Crippen LogP contribution in [-0.4, -0.2) is 31.2 Å². The number of hydrogen-bond acceptors (Lipinski definition) is 3. The summed E-state index contributed by atoms with van der Waals surface area (Å²) in [6, 6.07) is 4.93. The Kier molecular flexibility index (Phi) is 4.12. The molecule has 1 aromatic carbocycles. The Balaban J connectivity index is 2.69. The molecule has 0 spiro atoms. The summed E-state index contributed by atoms with van der Waals surface area (Å²) < 4.78 is 0. The summed E-state index contributed by atoms with van der Waals surface area (Å²) in [6.07, 6.45) is 0. The molecule has 0 saturated heterocycles. The molecule has 0 heterocycles. The van der Waals surface area contributed by atoms with Gasteiger partial charge in [0, 0.05) is 24.2 Å². The molecule has 1 aromatic rings. The molecule has 4 nitrogen and oxygen atoms in total. The maximum atomic E-state index is 11.6. The average Bonchev–Trinajstić information content (AvgIpc) is 2.22. The SMILES string of the molecule is CNCCNC(=O)c1cccc(O)c1C. The normalized spacial score (nSPS) is 10.0. The Morgan fingerprint density at radius 2 is 2.13 bits per heavy atom. The molecule has 4 heteroatoms. The van der Waals surface area contributed by atoms with E-state index in [4.69, 9.17) is 0 Å². The highest BCUT2D eigenvalue weighted by Gasteiger charge is 2.09. The molecule has 1 amide bonds. The standard InChI is InChI=1S/C11H16N2O2/c1-8-9(4-3-5-10(8)14)11(15)13-7-6-12-2/h3-5,12,14H,6-7H2,1-2H3,(H,13,15). The lowest BCUT2D eigenvalue weighted by Gasteiger charge is -2.08. The van der Waals surface area contributed by atoms with E-state index in [0.29, 0.717) is 17.7 Å². The second-order valence-corrected chi connectivity index (χ2v) is 3.31. The largest absolute Gasteiger partial charge is 0.508 e. The number of phenolic OH excluding ortho intramolecular Hbond substituents is 1. The second-order valence-electron chi connectivity index (χ2n) is 3.31. The van der Waals surface area contributed by atoms with E-state index in [-0.39, 0.29) is 11.7 Å². The average molecular weight is 208 g/mol. The van der Waals surface area contributed by atoms with Crippen molar-refractivity contribution in [2.75, 3.05) is 20.1 Å². The minimum Gasteiger partial charge on any atom is -0.508 e. The maximum absolute atomic E-state index is 11.6. The minimum atomic E-state index is -0.154. The third-order valence-electron chi connectivity index (χ3n) is 2.21. The molecular weight excluding hydrogens is 192 g/mol. The molecule has 0 unspecified atom stereocenters. The molecule has 0 fully saturated rings. The van der Waals surface area contributed by atoms with Gasteiger partial charge in [-0.1, -0.05) is 6.07 Å². The van der Waals surface area contributed by atoms with Gasteiger partial charge in [0.25, 0.3) is 5.91 Å². The number of carbonyl (C=O) groups is 1. The molecule has 0 aliphatic heterocycles. The number of aromatic hydroxyl groups is 1. The number of rotatable bonds is 4. The molecule has 0 aliphatic rings. The Bertz CT molecular complexity index is 350. The molecule has 0 bridgehead atoms. The Labute approximate surface area is 89.3 Å². The summed E-state index contributed by atoms with van der Waals surface area (Å²) in [6.45, 7) is 3.02. The fourth-order valence-electron chi connectivity index (χ4n) is 1.27. The highest BCUT2D eigenvalue weighted by molar-refractivity contribution is 5.96. The van der Waals surface area contributed by atoms with Gasteiger partial charge >= 0.3 is 0 Å². The van der Waals surface area contributed by atoms with E-state index in [1.54, 1.807) is 25.1 Å². The zero-order valence-electron chi connectivity index (χ0n) is 9.00. The Hall–Kier alpha value is -1.55. The Morgan fingerprint density at radius 3 is 2.80 bits per heavy atom. The van der Waals surface area contributed by atoms with Crippen LogP contribution in [0.15, 0.2) is 18.2 Å². The summed E-state index contributed by atoms with van der Waals surface area (Å²) in [4.78, 5) is 11.6. The predicted molar refractivity (Wildman–Crippen MR) is 59.1 cm³/mol. The molecule has 0 radical (unpaired) electrons. The van der Waals surface area contributed by atoms with Gasteiger partial charge in [-0.05, 0) is 26.1 Å². The number of carbonyl (C=O) groups excluding carboxylic acids is 1. The quantitative estimate of drug-likeness (QED) is 0.637. The highest BCUT2D eigenvalue weighted by atomic mass is 16.3. The maximum Gasteiger partial charge on any atom is 0.251 e. The number of phenols is 1. The lowest BCUT2D eigenvalue weighted by molar-refractivity contribution is 0.0953. The molecular formula is C11H16N2O2. The van der Waals surface area contributed by atoms with Crippen LogP contribution in [0.25, 0.3) is 0 Å². The third kappa shape index (κ3) is 2.95. The smallest absolute Gasteiger partial charge is 0.251 e. The van der Waals surface area contributed by atoms with E-state index in [1.807, 2.05) is 7.05 Å². The van der Waals surface area contributed by atoms with Crippen molar-refractivity contribution >= 4 is 5.91 Å². The molecule has 1 rings (SSSR count). The van der Waals surface area contributed by atoms with E-state index < -0.39 is 0 Å². The van der Waals surface area contributed by atoms with Crippen LogP contribution >= 0.6 is 0 Å². The summed E-state index contributed by atoms with van der Waals surface area (Å²) in [5, 5.41) is 15.1. The highest BCUT2D eigenvalue weighted by Crippen LogP contribution is 2.19. The van der Waals surface area contributed by atoms with Crippen LogP contribution in [0, 0.1) is 6.92 Å². The molecule has 0 atom stereocenters. The number of hydrogen-bond donors (Lipinski definition) is 3. The van der Waals surface area contributed by atoms with Crippen molar-refractivity contribution in [3.8, 4) is 5.75 Å². The summed E-state index contributed by atoms with van der Waals surface area (Å²) in [5.74, 6) is -0.00471. The fraction of sp³-hybridized carbons (Fsp3) is 0.364. The number of likely N-dealkylation sites (N-methyl/N-ethyl adjacent to an activating group) is 1. The van der Waals surface area contributed by atoms with Crippen LogP contribution in [0.1, 0.15) is 15.9 Å². The van der Waals surface area contributed by atoms with E-state index in [2.05, 4.69) is 10.6 Å². The van der Waals surface area contributed by atoms with Gasteiger partial charge in [0.2, 0.25) is 0 Å². The van der Waals surface area contributed by atoms with Crippen molar-refractivity contribution < 1.29 is 9.90 Å². The van der Waals surface area contributed by atoms with Crippen molar-refractivity contribution in [1.29, 1.82) is 0 Å². The number of amides is 1. The van der Waals surface area contributed by atoms with Crippen LogP contribution in [0.3, 0.4) is 0 Å². The van der Waals surface area contributed by atoms with Crippen molar-refractivity contribution in [2.45, 2.75) is 6.92 Å². The first-order valence-electron chi connectivity index (χ1n) is 4.88. The van der Waals surface area contributed by atoms with Gasteiger partial charge in [0.15, 0.2) is 0 Å². The van der Waals surface area contributed by atoms with Crippen LogP contribution in [-0.2, 0) is 0 Å². The van der Waals surface area contributed by atoms with E-state index in [1.165, 1.54) is 0 Å². The molecule has 82 valence electrons. The van der Waals surface area contributed by atoms with E-state index in [0.717, 1.165) is 6.54 Å². The monoisotopic (exact) mass is 208 g/mol. The number of nitrogens with one attached hydrogen (secondary N) is 2. The van der Waals surface area contributed by atoms with Gasteiger partial charge in [0.05, 0.1) is 0 Å². The molecule has 3 N–H and O–H groups in total. The Morgan fingerprint density at radius 1 is 1.40 bits per heavy atom. The van der Waals surface area contributed by atoms with Crippen LogP contribution < -0.4 is 10.6 Å². The lowest BCUT2D eigenvalue weighted by Crippen LogP contribution is -2.30. The number of benzene rings is 1. The fourth-order valence-corrected chi connectivity index (χ4v) is 1.27. The van der Waals surface area contributed by atoms with Crippen molar-refractivity contribution in [3.05, 3.63) is 29.3 Å². The van der Waals surface area contributed by atoms with Crippen molar-refractivity contribution in [1.82, 2.24) is 10.6 Å².